The summed E-state index contributed by atoms with van der Waals surface area (Å²) in [5.74, 6) is 0.122. The number of hydrogen-bond donors (Lipinski definition) is 4. The van der Waals surface area contributed by atoms with Gasteiger partial charge in [0.1, 0.15) is 11.5 Å². The second kappa shape index (κ2) is 6.05. The van der Waals surface area contributed by atoms with Crippen LogP contribution < -0.4 is 11.2 Å². The molecule has 0 aliphatic rings. The molecule has 1 aromatic rings. The average Bonchev–Trinajstić information content (AvgIpc) is 2.27. The standard InChI is InChI=1S/C11H15N3O2S/c1-2-3-9(13-14-11(12)17)8-6-7(15)4-5-10(8)16/h4-6,15-16H,2-3H2,1H3,(H3,12,14,17). The summed E-state index contributed by atoms with van der Waals surface area (Å²) in [4.78, 5) is 0. The van der Waals surface area contributed by atoms with E-state index < -0.39 is 0 Å². The van der Waals surface area contributed by atoms with Crippen LogP contribution in [0.5, 0.6) is 11.5 Å². The summed E-state index contributed by atoms with van der Waals surface area (Å²) in [6.45, 7) is 1.98. The number of phenols is 2. The Morgan fingerprint density at radius 3 is 2.76 bits per heavy atom. The number of aromatic hydroxyl groups is 2. The molecule has 0 bridgehead atoms. The largest absolute Gasteiger partial charge is 0.508 e. The summed E-state index contributed by atoms with van der Waals surface area (Å²) in [6.07, 6.45) is 1.47. The van der Waals surface area contributed by atoms with E-state index in [1.807, 2.05) is 6.92 Å². The number of nitrogens with zero attached hydrogens (tertiary/aromatic N) is 1. The van der Waals surface area contributed by atoms with E-state index in [0.29, 0.717) is 17.7 Å². The van der Waals surface area contributed by atoms with Gasteiger partial charge in [-0.3, -0.25) is 5.43 Å². The first-order valence-electron chi connectivity index (χ1n) is 5.19. The third-order valence-corrected chi connectivity index (χ3v) is 2.17. The van der Waals surface area contributed by atoms with Crippen molar-refractivity contribution >= 4 is 23.0 Å². The Morgan fingerprint density at radius 1 is 1.47 bits per heavy atom. The van der Waals surface area contributed by atoms with Crippen LogP contribution in [0.15, 0.2) is 23.3 Å². The lowest BCUT2D eigenvalue weighted by molar-refractivity contribution is 0.459. The van der Waals surface area contributed by atoms with Gasteiger partial charge in [-0.2, -0.15) is 5.10 Å². The average molecular weight is 253 g/mol. The first-order valence-corrected chi connectivity index (χ1v) is 5.59. The zero-order chi connectivity index (χ0) is 12.8. The molecule has 0 radical (unpaired) electrons. The molecule has 0 spiro atoms. The number of phenolic OH excluding ortho intramolecular Hbond substituents is 2. The van der Waals surface area contributed by atoms with Gasteiger partial charge in [0.15, 0.2) is 5.11 Å². The van der Waals surface area contributed by atoms with Crippen LogP contribution in [0.1, 0.15) is 25.3 Å². The molecule has 1 rings (SSSR count). The lowest BCUT2D eigenvalue weighted by atomic mass is 10.0. The quantitative estimate of drug-likeness (QED) is 0.282. The predicted octanol–water partition coefficient (Wildman–Crippen LogP) is 1.44. The first-order chi connectivity index (χ1) is 8.04. The fraction of sp³-hybridized carbons (Fsp3) is 0.273. The van der Waals surface area contributed by atoms with E-state index in [0.717, 1.165) is 6.42 Å². The fourth-order valence-corrected chi connectivity index (χ4v) is 1.41. The van der Waals surface area contributed by atoms with E-state index in [2.05, 4.69) is 22.7 Å². The summed E-state index contributed by atoms with van der Waals surface area (Å²) < 4.78 is 0. The highest BCUT2D eigenvalue weighted by atomic mass is 32.1. The maximum Gasteiger partial charge on any atom is 0.184 e. The van der Waals surface area contributed by atoms with E-state index in [-0.39, 0.29) is 16.6 Å². The molecule has 0 aromatic heterocycles. The topological polar surface area (TPSA) is 90.9 Å². The molecular formula is C11H15N3O2S. The van der Waals surface area contributed by atoms with E-state index >= 15 is 0 Å². The molecule has 0 fully saturated rings. The highest BCUT2D eigenvalue weighted by molar-refractivity contribution is 7.80. The fourth-order valence-electron chi connectivity index (χ4n) is 1.37. The Balaban J connectivity index is 3.08. The number of thiocarbonyl (C=S) groups is 1. The SMILES string of the molecule is CCCC(=NNC(N)=S)c1cc(O)ccc1O. The van der Waals surface area contributed by atoms with Gasteiger partial charge in [0.2, 0.25) is 0 Å². The third-order valence-electron chi connectivity index (χ3n) is 2.08. The third kappa shape index (κ3) is 3.92. The van der Waals surface area contributed by atoms with Crippen molar-refractivity contribution in [2.24, 2.45) is 10.8 Å². The Bertz CT molecular complexity index is 446. The summed E-state index contributed by atoms with van der Waals surface area (Å²) >= 11 is 4.65. The molecular weight excluding hydrogens is 238 g/mol. The Morgan fingerprint density at radius 2 is 2.18 bits per heavy atom. The zero-order valence-electron chi connectivity index (χ0n) is 9.47. The van der Waals surface area contributed by atoms with Crippen LogP contribution in [0.4, 0.5) is 0 Å². The molecule has 92 valence electrons. The second-order valence-electron chi connectivity index (χ2n) is 3.49. The molecule has 0 aliphatic heterocycles. The molecule has 5 N–H and O–H groups in total. The van der Waals surface area contributed by atoms with Gasteiger partial charge in [-0.25, -0.2) is 0 Å². The van der Waals surface area contributed by atoms with Crippen LogP contribution in [0.3, 0.4) is 0 Å². The molecule has 0 atom stereocenters. The van der Waals surface area contributed by atoms with Crippen LogP contribution in [0.2, 0.25) is 0 Å². The molecule has 0 heterocycles. The Labute approximate surface area is 105 Å². The first kappa shape index (κ1) is 13.2. The highest BCUT2D eigenvalue weighted by Crippen LogP contribution is 2.24. The highest BCUT2D eigenvalue weighted by Gasteiger charge is 2.09. The van der Waals surface area contributed by atoms with E-state index in [1.54, 1.807) is 0 Å². The van der Waals surface area contributed by atoms with Crippen molar-refractivity contribution in [3.8, 4) is 11.5 Å². The van der Waals surface area contributed by atoms with E-state index in [4.69, 9.17) is 5.73 Å². The lowest BCUT2D eigenvalue weighted by Crippen LogP contribution is -2.25. The molecule has 17 heavy (non-hydrogen) atoms. The van der Waals surface area contributed by atoms with Crippen molar-refractivity contribution in [3.05, 3.63) is 23.8 Å². The van der Waals surface area contributed by atoms with Crippen molar-refractivity contribution < 1.29 is 10.2 Å². The molecule has 0 unspecified atom stereocenters. The van der Waals surface area contributed by atoms with Gasteiger partial charge in [0.05, 0.1) is 5.71 Å². The number of nitrogens with one attached hydrogen (secondary N) is 1. The predicted molar refractivity (Wildman–Crippen MR) is 71.1 cm³/mol. The van der Waals surface area contributed by atoms with Crippen molar-refractivity contribution in [2.45, 2.75) is 19.8 Å². The maximum atomic E-state index is 9.71. The molecule has 5 nitrogen and oxygen atoms in total. The number of nitrogens with two attached hydrogens (primary N) is 1. The van der Waals surface area contributed by atoms with Gasteiger partial charge in [-0.05, 0) is 36.8 Å². The van der Waals surface area contributed by atoms with Gasteiger partial charge in [0.25, 0.3) is 0 Å². The van der Waals surface area contributed by atoms with Crippen LogP contribution in [0.25, 0.3) is 0 Å². The molecule has 0 saturated heterocycles. The van der Waals surface area contributed by atoms with Gasteiger partial charge >= 0.3 is 0 Å². The van der Waals surface area contributed by atoms with Crippen LogP contribution >= 0.6 is 12.2 Å². The van der Waals surface area contributed by atoms with Gasteiger partial charge in [-0.1, -0.05) is 13.3 Å². The normalized spacial score (nSPS) is 11.2. The summed E-state index contributed by atoms with van der Waals surface area (Å²) in [5.41, 5.74) is 8.82. The van der Waals surface area contributed by atoms with Gasteiger partial charge in [0, 0.05) is 5.56 Å². The summed E-state index contributed by atoms with van der Waals surface area (Å²) in [6, 6.07) is 4.27. The molecule has 0 aliphatic carbocycles. The van der Waals surface area contributed by atoms with Gasteiger partial charge < -0.3 is 15.9 Å². The van der Waals surface area contributed by atoms with Crippen molar-refractivity contribution in [3.63, 3.8) is 0 Å². The minimum atomic E-state index is 0.0539. The number of hydrogen-bond acceptors (Lipinski definition) is 4. The van der Waals surface area contributed by atoms with Crippen molar-refractivity contribution in [2.75, 3.05) is 0 Å². The summed E-state index contributed by atoms with van der Waals surface area (Å²) in [7, 11) is 0. The molecule has 0 amide bonds. The zero-order valence-corrected chi connectivity index (χ0v) is 10.3. The lowest BCUT2D eigenvalue weighted by Gasteiger charge is -2.08. The van der Waals surface area contributed by atoms with Crippen molar-refractivity contribution in [1.82, 2.24) is 5.43 Å². The minimum absolute atomic E-state index is 0.0539. The van der Waals surface area contributed by atoms with Crippen LogP contribution in [-0.4, -0.2) is 21.0 Å². The molecule has 0 saturated carbocycles. The Kier molecular flexibility index (Phi) is 4.71. The smallest absolute Gasteiger partial charge is 0.184 e. The second-order valence-corrected chi connectivity index (χ2v) is 3.93. The maximum absolute atomic E-state index is 9.71. The molecule has 1 aromatic carbocycles. The number of benzene rings is 1. The van der Waals surface area contributed by atoms with Crippen LogP contribution in [0, 0.1) is 0 Å². The van der Waals surface area contributed by atoms with Crippen LogP contribution in [-0.2, 0) is 0 Å². The number of hydrazone groups is 1. The minimum Gasteiger partial charge on any atom is -0.508 e. The van der Waals surface area contributed by atoms with Crippen molar-refractivity contribution in [1.29, 1.82) is 0 Å². The van der Waals surface area contributed by atoms with Gasteiger partial charge in [-0.15, -0.1) is 0 Å². The Hall–Kier alpha value is -1.82. The monoisotopic (exact) mass is 253 g/mol. The van der Waals surface area contributed by atoms with E-state index in [1.165, 1.54) is 18.2 Å². The summed E-state index contributed by atoms with van der Waals surface area (Å²) in [5, 5.41) is 23.2. The number of rotatable bonds is 4. The van der Waals surface area contributed by atoms with E-state index in [9.17, 15) is 10.2 Å². The molecule has 6 heteroatoms.